The molecule has 0 aromatic heterocycles. The van der Waals surface area contributed by atoms with Gasteiger partial charge in [-0.25, -0.2) is 0 Å². The van der Waals surface area contributed by atoms with E-state index in [1.165, 1.54) is 7.11 Å². The summed E-state index contributed by atoms with van der Waals surface area (Å²) in [7, 11) is 1.42. The number of aliphatic hydroxyl groups is 1. The summed E-state index contributed by atoms with van der Waals surface area (Å²) >= 11 is 0. The van der Waals surface area contributed by atoms with Crippen molar-refractivity contribution in [3.63, 3.8) is 0 Å². The van der Waals surface area contributed by atoms with Crippen molar-refractivity contribution in [1.29, 1.82) is 0 Å². The quantitative estimate of drug-likeness (QED) is 0.686. The summed E-state index contributed by atoms with van der Waals surface area (Å²) in [4.78, 5) is 12.0. The van der Waals surface area contributed by atoms with Crippen molar-refractivity contribution in [2.45, 2.75) is 44.1 Å². The first-order valence-corrected chi connectivity index (χ1v) is 6.16. The topological polar surface area (TPSA) is 58.6 Å². The Balaban J connectivity index is 2.27. The Bertz CT molecular complexity index is 265. The second kappa shape index (κ2) is 4.34. The molecule has 1 saturated heterocycles. The van der Waals surface area contributed by atoms with Crippen molar-refractivity contribution in [1.82, 2.24) is 5.32 Å². The summed E-state index contributed by atoms with van der Waals surface area (Å²) in [5, 5.41) is 14.0. The molecule has 2 N–H and O–H groups in total. The lowest BCUT2D eigenvalue weighted by Gasteiger charge is -2.45. The van der Waals surface area contributed by atoms with Crippen LogP contribution < -0.4 is 5.32 Å². The van der Waals surface area contributed by atoms with Gasteiger partial charge in [0.2, 0.25) is 0 Å². The zero-order valence-electron chi connectivity index (χ0n) is 9.92. The van der Waals surface area contributed by atoms with Crippen LogP contribution in [-0.2, 0) is 9.53 Å². The number of hydrogen-bond acceptors (Lipinski definition) is 4. The van der Waals surface area contributed by atoms with Gasteiger partial charge in [0.25, 0.3) is 0 Å². The maximum atomic E-state index is 12.0. The minimum atomic E-state index is -0.859. The van der Waals surface area contributed by atoms with Crippen molar-refractivity contribution in [2.75, 3.05) is 20.2 Å². The van der Waals surface area contributed by atoms with Gasteiger partial charge in [0.15, 0.2) is 0 Å². The predicted molar refractivity (Wildman–Crippen MR) is 60.0 cm³/mol. The number of ether oxygens (including phenoxy) is 1. The van der Waals surface area contributed by atoms with Crippen LogP contribution in [0.3, 0.4) is 0 Å². The van der Waals surface area contributed by atoms with Gasteiger partial charge in [0, 0.05) is 0 Å². The van der Waals surface area contributed by atoms with Crippen LogP contribution in [0.25, 0.3) is 0 Å². The smallest absolute Gasteiger partial charge is 0.314 e. The highest BCUT2D eigenvalue weighted by molar-refractivity contribution is 5.78. The van der Waals surface area contributed by atoms with Gasteiger partial charge >= 0.3 is 5.97 Å². The lowest BCUT2D eigenvalue weighted by Crippen LogP contribution is -2.57. The number of carbonyl (C=O) groups excluding carboxylic acids is 1. The molecule has 0 bridgehead atoms. The van der Waals surface area contributed by atoms with Crippen LogP contribution in [0.2, 0.25) is 0 Å². The van der Waals surface area contributed by atoms with Crippen molar-refractivity contribution < 1.29 is 14.6 Å². The van der Waals surface area contributed by atoms with Gasteiger partial charge in [-0.1, -0.05) is 12.8 Å². The largest absolute Gasteiger partial charge is 0.469 e. The summed E-state index contributed by atoms with van der Waals surface area (Å²) in [5.41, 5.74) is -1.49. The van der Waals surface area contributed by atoms with E-state index in [2.05, 4.69) is 5.32 Å². The van der Waals surface area contributed by atoms with Crippen LogP contribution in [0.4, 0.5) is 0 Å². The van der Waals surface area contributed by atoms with Gasteiger partial charge < -0.3 is 15.2 Å². The predicted octanol–water partition coefficient (Wildman–Crippen LogP) is 0.834. The summed E-state index contributed by atoms with van der Waals surface area (Å²) in [6, 6.07) is 0. The van der Waals surface area contributed by atoms with Crippen LogP contribution >= 0.6 is 0 Å². The fourth-order valence-electron chi connectivity index (χ4n) is 3.35. The van der Waals surface area contributed by atoms with E-state index in [-0.39, 0.29) is 5.97 Å². The van der Waals surface area contributed by atoms with E-state index in [1.54, 1.807) is 0 Å². The molecule has 1 aliphatic carbocycles. The van der Waals surface area contributed by atoms with Gasteiger partial charge in [0.05, 0.1) is 18.1 Å². The van der Waals surface area contributed by atoms with Crippen LogP contribution in [0.5, 0.6) is 0 Å². The highest BCUT2D eigenvalue weighted by atomic mass is 16.5. The number of carbonyl (C=O) groups is 1. The van der Waals surface area contributed by atoms with E-state index >= 15 is 0 Å². The van der Waals surface area contributed by atoms with Gasteiger partial charge in [-0.3, -0.25) is 4.79 Å². The Morgan fingerprint density at radius 2 is 1.75 bits per heavy atom. The zero-order chi connectivity index (χ0) is 11.6. The minimum Gasteiger partial charge on any atom is -0.469 e. The molecule has 1 heterocycles. The number of methoxy groups -OCH3 is 1. The fourth-order valence-corrected chi connectivity index (χ4v) is 3.35. The molecular weight excluding hydrogens is 206 g/mol. The molecule has 0 aromatic rings. The summed E-state index contributed by atoms with van der Waals surface area (Å²) < 4.78 is 4.94. The molecule has 0 unspecified atom stereocenters. The van der Waals surface area contributed by atoms with E-state index in [1.807, 2.05) is 0 Å². The Labute approximate surface area is 96.4 Å². The Morgan fingerprint density at radius 1 is 1.19 bits per heavy atom. The molecule has 0 amide bonds. The average Bonchev–Trinajstić information content (AvgIpc) is 2.80. The molecular formula is C12H21NO3. The molecule has 0 aromatic carbocycles. The van der Waals surface area contributed by atoms with E-state index in [0.29, 0.717) is 12.8 Å². The van der Waals surface area contributed by atoms with Crippen molar-refractivity contribution >= 4 is 5.97 Å². The molecule has 0 radical (unpaired) electrons. The Hall–Kier alpha value is -0.610. The highest BCUT2D eigenvalue weighted by Crippen LogP contribution is 2.50. The van der Waals surface area contributed by atoms with Gasteiger partial charge in [-0.2, -0.15) is 0 Å². The van der Waals surface area contributed by atoms with Crippen LogP contribution in [-0.4, -0.2) is 36.9 Å². The van der Waals surface area contributed by atoms with Crippen LogP contribution in [0.15, 0.2) is 0 Å². The molecule has 4 heteroatoms. The standard InChI is InChI=1S/C12H21NO3/c1-16-10(14)11(4-2-3-5-11)12(15)6-8-13-9-7-12/h13,15H,2-9H2,1H3. The first-order chi connectivity index (χ1) is 7.65. The molecule has 16 heavy (non-hydrogen) atoms. The summed E-state index contributed by atoms with van der Waals surface area (Å²) in [6.45, 7) is 1.57. The maximum Gasteiger partial charge on any atom is 0.314 e. The van der Waals surface area contributed by atoms with Gasteiger partial charge in [0.1, 0.15) is 0 Å². The number of nitrogens with one attached hydrogen (secondary N) is 1. The molecule has 92 valence electrons. The maximum absolute atomic E-state index is 12.0. The normalized spacial score (nSPS) is 27.6. The van der Waals surface area contributed by atoms with Crippen LogP contribution in [0.1, 0.15) is 38.5 Å². The van der Waals surface area contributed by atoms with E-state index in [9.17, 15) is 9.90 Å². The Morgan fingerprint density at radius 3 is 2.25 bits per heavy atom. The lowest BCUT2D eigenvalue weighted by molar-refractivity contribution is -0.176. The van der Waals surface area contributed by atoms with E-state index in [0.717, 1.165) is 38.8 Å². The van der Waals surface area contributed by atoms with E-state index < -0.39 is 11.0 Å². The number of esters is 1. The molecule has 1 aliphatic heterocycles. The Kier molecular flexibility index (Phi) is 3.22. The fraction of sp³-hybridized carbons (Fsp3) is 0.917. The van der Waals surface area contributed by atoms with Crippen molar-refractivity contribution in [3.8, 4) is 0 Å². The number of rotatable bonds is 2. The van der Waals surface area contributed by atoms with Crippen LogP contribution in [0, 0.1) is 5.41 Å². The molecule has 2 rings (SSSR count). The number of piperidine rings is 1. The molecule has 1 saturated carbocycles. The second-order valence-corrected chi connectivity index (χ2v) is 5.06. The van der Waals surface area contributed by atoms with Crippen molar-refractivity contribution in [3.05, 3.63) is 0 Å². The molecule has 2 aliphatic rings. The first-order valence-electron chi connectivity index (χ1n) is 6.16. The second-order valence-electron chi connectivity index (χ2n) is 5.06. The minimum absolute atomic E-state index is 0.214. The SMILES string of the molecule is COC(=O)C1(C2(O)CCNCC2)CCCC1. The first kappa shape index (κ1) is 11.9. The highest BCUT2D eigenvalue weighted by Gasteiger charge is 2.57. The molecule has 4 nitrogen and oxygen atoms in total. The summed E-state index contributed by atoms with van der Waals surface area (Å²) in [5.74, 6) is -0.214. The van der Waals surface area contributed by atoms with Gasteiger partial charge in [-0.05, 0) is 38.8 Å². The van der Waals surface area contributed by atoms with Crippen molar-refractivity contribution in [2.24, 2.45) is 5.41 Å². The molecule has 0 spiro atoms. The third-order valence-corrected chi connectivity index (χ3v) is 4.35. The third kappa shape index (κ3) is 1.64. The van der Waals surface area contributed by atoms with Gasteiger partial charge in [-0.15, -0.1) is 0 Å². The number of hydrogen-bond donors (Lipinski definition) is 2. The lowest BCUT2D eigenvalue weighted by atomic mass is 9.66. The molecule has 2 fully saturated rings. The molecule has 0 atom stereocenters. The average molecular weight is 227 g/mol. The third-order valence-electron chi connectivity index (χ3n) is 4.35. The summed E-state index contributed by atoms with van der Waals surface area (Å²) in [6.07, 6.45) is 4.90. The van der Waals surface area contributed by atoms with E-state index in [4.69, 9.17) is 4.74 Å². The monoisotopic (exact) mass is 227 g/mol. The zero-order valence-corrected chi connectivity index (χ0v) is 9.92.